The van der Waals surface area contributed by atoms with Crippen molar-refractivity contribution < 1.29 is 9.53 Å². The normalized spacial score (nSPS) is 10.8. The summed E-state index contributed by atoms with van der Waals surface area (Å²) in [5.41, 5.74) is 0.483. The Morgan fingerprint density at radius 1 is 1.00 bits per heavy atom. The summed E-state index contributed by atoms with van der Waals surface area (Å²) in [6.07, 6.45) is 15.5. The molecule has 0 heterocycles. The van der Waals surface area contributed by atoms with Gasteiger partial charge < -0.3 is 4.74 Å². The van der Waals surface area contributed by atoms with Crippen LogP contribution in [-0.2, 0) is 9.53 Å². The standard InChI is InChI=1S/C17H30O2/c1-4-5-6-7-8-9-10-11-12-13-14-15-19-17(18)16(2)3/h6-7H,2,4-5,8-15H2,1,3H3. The fourth-order valence-electron chi connectivity index (χ4n) is 1.76. The SMILES string of the molecule is C=C(C)C(=O)OCCCCCCCCC=CCCC. The second-order valence-corrected chi connectivity index (χ2v) is 5.09. The van der Waals surface area contributed by atoms with Gasteiger partial charge in [0.1, 0.15) is 0 Å². The van der Waals surface area contributed by atoms with Crippen LogP contribution in [0.25, 0.3) is 0 Å². The number of hydrogen-bond donors (Lipinski definition) is 0. The molecule has 2 nitrogen and oxygen atoms in total. The van der Waals surface area contributed by atoms with E-state index >= 15 is 0 Å². The second-order valence-electron chi connectivity index (χ2n) is 5.09. The lowest BCUT2D eigenvalue weighted by molar-refractivity contribution is -0.139. The van der Waals surface area contributed by atoms with Gasteiger partial charge in [0.05, 0.1) is 6.61 Å². The highest BCUT2D eigenvalue weighted by molar-refractivity contribution is 5.86. The lowest BCUT2D eigenvalue weighted by Gasteiger charge is -2.04. The molecule has 0 unspecified atom stereocenters. The Morgan fingerprint density at radius 2 is 1.58 bits per heavy atom. The minimum Gasteiger partial charge on any atom is -0.462 e. The molecule has 0 amide bonds. The van der Waals surface area contributed by atoms with Crippen LogP contribution in [0.2, 0.25) is 0 Å². The van der Waals surface area contributed by atoms with Gasteiger partial charge >= 0.3 is 5.97 Å². The first-order valence-corrected chi connectivity index (χ1v) is 7.66. The zero-order valence-corrected chi connectivity index (χ0v) is 12.7. The molecule has 110 valence electrons. The van der Waals surface area contributed by atoms with Crippen LogP contribution in [-0.4, -0.2) is 12.6 Å². The number of carbonyl (C=O) groups is 1. The third-order valence-electron chi connectivity index (χ3n) is 2.97. The zero-order chi connectivity index (χ0) is 14.3. The molecule has 0 rings (SSSR count). The van der Waals surface area contributed by atoms with E-state index in [1.165, 1.54) is 44.9 Å². The van der Waals surface area contributed by atoms with E-state index in [0.717, 1.165) is 12.8 Å². The monoisotopic (exact) mass is 266 g/mol. The van der Waals surface area contributed by atoms with Gasteiger partial charge in [0.2, 0.25) is 0 Å². The average molecular weight is 266 g/mol. The predicted octanol–water partition coefficient (Wildman–Crippen LogP) is 5.19. The van der Waals surface area contributed by atoms with Crippen LogP contribution >= 0.6 is 0 Å². The first-order chi connectivity index (χ1) is 9.18. The van der Waals surface area contributed by atoms with Crippen molar-refractivity contribution in [3.05, 3.63) is 24.3 Å². The van der Waals surface area contributed by atoms with E-state index < -0.39 is 0 Å². The topological polar surface area (TPSA) is 26.3 Å². The van der Waals surface area contributed by atoms with Gasteiger partial charge in [-0.25, -0.2) is 4.79 Å². The summed E-state index contributed by atoms with van der Waals surface area (Å²) >= 11 is 0. The molecule has 19 heavy (non-hydrogen) atoms. The minimum absolute atomic E-state index is 0.265. The largest absolute Gasteiger partial charge is 0.462 e. The van der Waals surface area contributed by atoms with Gasteiger partial charge in [-0.1, -0.05) is 57.8 Å². The molecule has 0 aromatic carbocycles. The first-order valence-electron chi connectivity index (χ1n) is 7.66. The van der Waals surface area contributed by atoms with Crippen molar-refractivity contribution in [1.29, 1.82) is 0 Å². The van der Waals surface area contributed by atoms with Gasteiger partial charge in [-0.05, 0) is 32.6 Å². The Kier molecular flexibility index (Phi) is 12.6. The van der Waals surface area contributed by atoms with Gasteiger partial charge in [0.15, 0.2) is 0 Å². The van der Waals surface area contributed by atoms with Gasteiger partial charge in [-0.15, -0.1) is 0 Å². The predicted molar refractivity (Wildman–Crippen MR) is 82.1 cm³/mol. The van der Waals surface area contributed by atoms with Crippen LogP contribution in [0.4, 0.5) is 0 Å². The van der Waals surface area contributed by atoms with E-state index in [4.69, 9.17) is 4.74 Å². The van der Waals surface area contributed by atoms with E-state index in [0.29, 0.717) is 12.2 Å². The molecule has 2 heteroatoms. The minimum atomic E-state index is -0.265. The molecule has 0 fully saturated rings. The number of unbranched alkanes of at least 4 members (excludes halogenated alkanes) is 7. The summed E-state index contributed by atoms with van der Waals surface area (Å²) in [6.45, 7) is 7.97. The van der Waals surface area contributed by atoms with Crippen molar-refractivity contribution in [3.63, 3.8) is 0 Å². The van der Waals surface area contributed by atoms with Crippen LogP contribution in [0, 0.1) is 0 Å². The molecule has 0 radical (unpaired) electrons. The first kappa shape index (κ1) is 17.9. The lowest BCUT2D eigenvalue weighted by atomic mass is 10.1. The maximum Gasteiger partial charge on any atom is 0.333 e. The smallest absolute Gasteiger partial charge is 0.333 e. The Balaban J connectivity index is 3.15. The van der Waals surface area contributed by atoms with E-state index in [1.54, 1.807) is 6.92 Å². The molecule has 0 aromatic heterocycles. The molecule has 0 saturated carbocycles. The molecule has 0 spiro atoms. The van der Waals surface area contributed by atoms with Crippen molar-refractivity contribution in [2.24, 2.45) is 0 Å². The fraction of sp³-hybridized carbons (Fsp3) is 0.706. The third kappa shape index (κ3) is 13.2. The van der Waals surface area contributed by atoms with Crippen molar-refractivity contribution >= 4 is 5.97 Å². The number of ether oxygens (including phenoxy) is 1. The Bertz CT molecular complexity index is 266. The van der Waals surface area contributed by atoms with Gasteiger partial charge in [0.25, 0.3) is 0 Å². The van der Waals surface area contributed by atoms with Crippen molar-refractivity contribution in [1.82, 2.24) is 0 Å². The number of rotatable bonds is 12. The summed E-state index contributed by atoms with van der Waals surface area (Å²) in [5, 5.41) is 0. The molecule has 0 aromatic rings. The van der Waals surface area contributed by atoms with Gasteiger partial charge in [-0.3, -0.25) is 0 Å². The number of carbonyl (C=O) groups excluding carboxylic acids is 1. The second kappa shape index (κ2) is 13.4. The summed E-state index contributed by atoms with van der Waals surface area (Å²) in [6, 6.07) is 0. The summed E-state index contributed by atoms with van der Waals surface area (Å²) in [5.74, 6) is -0.265. The summed E-state index contributed by atoms with van der Waals surface area (Å²) in [7, 11) is 0. The maximum atomic E-state index is 11.1. The summed E-state index contributed by atoms with van der Waals surface area (Å²) in [4.78, 5) is 11.1. The van der Waals surface area contributed by atoms with Crippen molar-refractivity contribution in [2.45, 2.75) is 71.6 Å². The van der Waals surface area contributed by atoms with Gasteiger partial charge in [-0.2, -0.15) is 0 Å². The van der Waals surface area contributed by atoms with Gasteiger partial charge in [0, 0.05) is 5.57 Å². The number of allylic oxidation sites excluding steroid dienone is 2. The molecular weight excluding hydrogens is 236 g/mol. The van der Waals surface area contributed by atoms with E-state index in [-0.39, 0.29) is 5.97 Å². The fourth-order valence-corrected chi connectivity index (χ4v) is 1.76. The molecule has 0 saturated heterocycles. The average Bonchev–Trinajstić information content (AvgIpc) is 2.39. The number of hydrogen-bond acceptors (Lipinski definition) is 2. The highest BCUT2D eigenvalue weighted by atomic mass is 16.5. The van der Waals surface area contributed by atoms with Crippen molar-refractivity contribution in [3.8, 4) is 0 Å². The summed E-state index contributed by atoms with van der Waals surface area (Å²) < 4.78 is 5.04. The van der Waals surface area contributed by atoms with Crippen LogP contribution < -0.4 is 0 Å². The number of esters is 1. The van der Waals surface area contributed by atoms with E-state index in [9.17, 15) is 4.79 Å². The van der Waals surface area contributed by atoms with E-state index in [1.807, 2.05) is 0 Å². The molecule has 0 aliphatic rings. The van der Waals surface area contributed by atoms with Crippen LogP contribution in [0.15, 0.2) is 24.3 Å². The Morgan fingerprint density at radius 3 is 2.21 bits per heavy atom. The quantitative estimate of drug-likeness (QED) is 0.210. The highest BCUT2D eigenvalue weighted by Crippen LogP contribution is 2.08. The molecule has 0 aliphatic heterocycles. The van der Waals surface area contributed by atoms with E-state index in [2.05, 4.69) is 25.7 Å². The Hall–Kier alpha value is -1.05. The van der Waals surface area contributed by atoms with Crippen molar-refractivity contribution in [2.75, 3.05) is 6.61 Å². The van der Waals surface area contributed by atoms with Crippen LogP contribution in [0.1, 0.15) is 71.6 Å². The molecule has 0 atom stereocenters. The lowest BCUT2D eigenvalue weighted by Crippen LogP contribution is -2.05. The molecular formula is C17H30O2. The third-order valence-corrected chi connectivity index (χ3v) is 2.97. The molecule has 0 N–H and O–H groups in total. The zero-order valence-electron chi connectivity index (χ0n) is 12.7. The van der Waals surface area contributed by atoms with Crippen LogP contribution in [0.5, 0.6) is 0 Å². The van der Waals surface area contributed by atoms with Crippen LogP contribution in [0.3, 0.4) is 0 Å². The highest BCUT2D eigenvalue weighted by Gasteiger charge is 2.01. The molecule has 0 bridgehead atoms. The molecule has 0 aliphatic carbocycles. The Labute approximate surface area is 118 Å². The maximum absolute atomic E-state index is 11.1.